The van der Waals surface area contributed by atoms with E-state index in [1.165, 1.54) is 24.7 Å². The molecule has 0 aliphatic heterocycles. The van der Waals surface area contributed by atoms with Crippen LogP contribution in [0.3, 0.4) is 0 Å². The van der Waals surface area contributed by atoms with Crippen molar-refractivity contribution < 1.29 is 8.42 Å². The van der Waals surface area contributed by atoms with Gasteiger partial charge in [0.05, 0.1) is 16.5 Å². The molecule has 0 saturated carbocycles. The molecule has 1 aromatic carbocycles. The summed E-state index contributed by atoms with van der Waals surface area (Å²) >= 11 is 0. The Morgan fingerprint density at radius 3 is 2.55 bits per heavy atom. The largest absolute Gasteiger partial charge is 0.383 e. The highest BCUT2D eigenvalue weighted by Crippen LogP contribution is 2.21. The zero-order chi connectivity index (χ0) is 14.3. The van der Waals surface area contributed by atoms with Gasteiger partial charge < -0.3 is 5.73 Å². The van der Waals surface area contributed by atoms with Gasteiger partial charge in [0.1, 0.15) is 12.1 Å². The summed E-state index contributed by atoms with van der Waals surface area (Å²) in [4.78, 5) is 7.89. The molecule has 0 saturated heterocycles. The van der Waals surface area contributed by atoms with E-state index in [0.29, 0.717) is 5.39 Å². The lowest BCUT2D eigenvalue weighted by Crippen LogP contribution is -2.15. The molecule has 0 bridgehead atoms. The van der Waals surface area contributed by atoms with E-state index < -0.39 is 10.0 Å². The van der Waals surface area contributed by atoms with Crippen molar-refractivity contribution in [2.75, 3.05) is 5.73 Å². The first-order chi connectivity index (χ1) is 9.50. The fourth-order valence-corrected chi connectivity index (χ4v) is 3.05. The molecular formula is C12H11N5O2S. The van der Waals surface area contributed by atoms with Crippen LogP contribution in [0.25, 0.3) is 11.0 Å². The number of aryl methyl sites for hydroxylation is 1. The normalized spacial score (nSPS) is 11.8. The van der Waals surface area contributed by atoms with E-state index >= 15 is 0 Å². The van der Waals surface area contributed by atoms with E-state index in [1.807, 2.05) is 6.92 Å². The smallest absolute Gasteiger partial charge is 0.284 e. The number of hydrogen-bond acceptors (Lipinski definition) is 6. The van der Waals surface area contributed by atoms with Crippen LogP contribution in [0.2, 0.25) is 0 Å². The van der Waals surface area contributed by atoms with Crippen LogP contribution in [-0.4, -0.2) is 27.6 Å². The lowest BCUT2D eigenvalue weighted by molar-refractivity contribution is 0.582. The Morgan fingerprint density at radius 1 is 1.15 bits per heavy atom. The Balaban J connectivity index is 2.24. The van der Waals surface area contributed by atoms with Gasteiger partial charge in [-0.05, 0) is 19.1 Å². The highest BCUT2D eigenvalue weighted by molar-refractivity contribution is 7.90. The van der Waals surface area contributed by atoms with Crippen molar-refractivity contribution >= 4 is 26.9 Å². The summed E-state index contributed by atoms with van der Waals surface area (Å²) in [5, 5.41) is 4.28. The Bertz CT molecular complexity index is 884. The quantitative estimate of drug-likeness (QED) is 0.753. The predicted octanol–water partition coefficient (Wildman–Crippen LogP) is 0.954. The zero-order valence-corrected chi connectivity index (χ0v) is 11.4. The predicted molar refractivity (Wildman–Crippen MR) is 73.5 cm³/mol. The highest BCUT2D eigenvalue weighted by Gasteiger charge is 2.21. The van der Waals surface area contributed by atoms with Gasteiger partial charge in [0.15, 0.2) is 5.65 Å². The molecule has 2 aromatic heterocycles. The van der Waals surface area contributed by atoms with Crippen LogP contribution in [0.5, 0.6) is 0 Å². The van der Waals surface area contributed by atoms with E-state index in [4.69, 9.17) is 5.73 Å². The van der Waals surface area contributed by atoms with Crippen LogP contribution in [-0.2, 0) is 10.0 Å². The molecule has 0 amide bonds. The lowest BCUT2D eigenvalue weighted by Gasteiger charge is -2.05. The molecule has 20 heavy (non-hydrogen) atoms. The SMILES string of the molecule is Cc1ccc(S(=O)(=O)n2ncc3c(N)ncnc32)cc1. The summed E-state index contributed by atoms with van der Waals surface area (Å²) in [6.45, 7) is 1.88. The summed E-state index contributed by atoms with van der Waals surface area (Å²) in [7, 11) is -3.80. The first-order valence-electron chi connectivity index (χ1n) is 5.76. The summed E-state index contributed by atoms with van der Waals surface area (Å²) in [6, 6.07) is 6.51. The van der Waals surface area contributed by atoms with Gasteiger partial charge in [0.2, 0.25) is 0 Å². The topological polar surface area (TPSA) is 104 Å². The van der Waals surface area contributed by atoms with Crippen molar-refractivity contribution in [3.05, 3.63) is 42.4 Å². The minimum absolute atomic E-state index is 0.144. The summed E-state index contributed by atoms with van der Waals surface area (Å²) in [6.07, 6.45) is 2.55. The molecule has 0 spiro atoms. The Kier molecular flexibility index (Phi) is 2.68. The molecular weight excluding hydrogens is 278 g/mol. The van der Waals surface area contributed by atoms with Gasteiger partial charge in [-0.25, -0.2) is 9.97 Å². The molecule has 0 aliphatic carbocycles. The standard InChI is InChI=1S/C12H11N5O2S/c1-8-2-4-9(5-3-8)20(18,19)17-12-10(6-16-17)11(13)14-7-15-12/h2-7H,1H3,(H2,13,14,15). The van der Waals surface area contributed by atoms with Crippen molar-refractivity contribution in [3.8, 4) is 0 Å². The number of nitrogens with two attached hydrogens (primary N) is 1. The van der Waals surface area contributed by atoms with Gasteiger partial charge in [-0.1, -0.05) is 17.7 Å². The molecule has 7 nitrogen and oxygen atoms in total. The van der Waals surface area contributed by atoms with Crippen molar-refractivity contribution in [2.24, 2.45) is 0 Å². The fourth-order valence-electron chi connectivity index (χ4n) is 1.83. The number of anilines is 1. The van der Waals surface area contributed by atoms with Crippen LogP contribution in [0.4, 0.5) is 5.82 Å². The minimum atomic E-state index is -3.80. The Labute approximate surface area is 115 Å². The number of benzene rings is 1. The molecule has 8 heteroatoms. The van der Waals surface area contributed by atoms with Crippen LogP contribution in [0, 0.1) is 6.92 Å². The van der Waals surface area contributed by atoms with Gasteiger partial charge in [-0.2, -0.15) is 13.5 Å². The first kappa shape index (κ1) is 12.5. The van der Waals surface area contributed by atoms with E-state index in [0.717, 1.165) is 9.65 Å². The molecule has 102 valence electrons. The highest BCUT2D eigenvalue weighted by atomic mass is 32.2. The summed E-state index contributed by atoms with van der Waals surface area (Å²) in [5.41, 5.74) is 6.81. The second-order valence-electron chi connectivity index (χ2n) is 4.30. The molecule has 3 aromatic rings. The molecule has 3 rings (SSSR count). The van der Waals surface area contributed by atoms with E-state index in [2.05, 4.69) is 15.1 Å². The van der Waals surface area contributed by atoms with Crippen molar-refractivity contribution in [3.63, 3.8) is 0 Å². The van der Waals surface area contributed by atoms with Crippen LogP contribution < -0.4 is 5.73 Å². The first-order valence-corrected chi connectivity index (χ1v) is 7.20. The third-order valence-electron chi connectivity index (χ3n) is 2.91. The molecule has 2 N–H and O–H groups in total. The zero-order valence-electron chi connectivity index (χ0n) is 10.6. The van der Waals surface area contributed by atoms with Gasteiger partial charge in [-0.3, -0.25) is 0 Å². The summed E-state index contributed by atoms with van der Waals surface area (Å²) in [5.74, 6) is 0.195. The van der Waals surface area contributed by atoms with E-state index in [1.54, 1.807) is 12.1 Å². The van der Waals surface area contributed by atoms with Gasteiger partial charge in [-0.15, -0.1) is 4.09 Å². The third-order valence-corrected chi connectivity index (χ3v) is 4.50. The molecule has 0 fully saturated rings. The number of fused-ring (bicyclic) bond motifs is 1. The van der Waals surface area contributed by atoms with Crippen LogP contribution in [0.15, 0.2) is 41.7 Å². The number of aromatic nitrogens is 4. The van der Waals surface area contributed by atoms with Crippen molar-refractivity contribution in [1.82, 2.24) is 19.2 Å². The van der Waals surface area contributed by atoms with E-state index in [-0.39, 0.29) is 16.4 Å². The van der Waals surface area contributed by atoms with Crippen LogP contribution >= 0.6 is 0 Å². The minimum Gasteiger partial charge on any atom is -0.383 e. The van der Waals surface area contributed by atoms with Crippen molar-refractivity contribution in [2.45, 2.75) is 11.8 Å². The average Bonchev–Trinajstić information content (AvgIpc) is 2.85. The lowest BCUT2D eigenvalue weighted by atomic mass is 10.2. The second kappa shape index (κ2) is 4.27. The molecule has 0 unspecified atom stereocenters. The van der Waals surface area contributed by atoms with Gasteiger partial charge in [0, 0.05) is 0 Å². The number of nitrogen functional groups attached to an aromatic ring is 1. The average molecular weight is 289 g/mol. The molecule has 0 aliphatic rings. The van der Waals surface area contributed by atoms with E-state index in [9.17, 15) is 8.42 Å². The molecule has 0 atom stereocenters. The van der Waals surface area contributed by atoms with Gasteiger partial charge >= 0.3 is 0 Å². The van der Waals surface area contributed by atoms with Gasteiger partial charge in [0.25, 0.3) is 10.0 Å². The maximum absolute atomic E-state index is 12.5. The van der Waals surface area contributed by atoms with Crippen LogP contribution in [0.1, 0.15) is 5.56 Å². The second-order valence-corrected chi connectivity index (χ2v) is 6.07. The maximum atomic E-state index is 12.5. The fraction of sp³-hybridized carbons (Fsp3) is 0.0833. The molecule has 0 radical (unpaired) electrons. The third kappa shape index (κ3) is 1.81. The number of hydrogen-bond donors (Lipinski definition) is 1. The molecule has 2 heterocycles. The maximum Gasteiger partial charge on any atom is 0.284 e. The van der Waals surface area contributed by atoms with Crippen molar-refractivity contribution in [1.29, 1.82) is 0 Å². The Morgan fingerprint density at radius 2 is 1.85 bits per heavy atom. The monoisotopic (exact) mass is 289 g/mol. The number of nitrogens with zero attached hydrogens (tertiary/aromatic N) is 4. The number of rotatable bonds is 2. The Hall–Kier alpha value is -2.48. The summed E-state index contributed by atoms with van der Waals surface area (Å²) < 4.78 is 25.9.